The van der Waals surface area contributed by atoms with E-state index in [1.165, 1.54) is 0 Å². The zero-order chi connectivity index (χ0) is 21.2. The van der Waals surface area contributed by atoms with Gasteiger partial charge in [0, 0.05) is 35.6 Å². The number of hydrogen-bond donors (Lipinski definition) is 4. The van der Waals surface area contributed by atoms with Crippen molar-refractivity contribution >= 4 is 22.7 Å². The summed E-state index contributed by atoms with van der Waals surface area (Å²) >= 11 is 0. The first kappa shape index (κ1) is 21.8. The minimum absolute atomic E-state index is 0.123. The van der Waals surface area contributed by atoms with E-state index < -0.39 is 0 Å². The van der Waals surface area contributed by atoms with Crippen molar-refractivity contribution in [3.8, 4) is 5.75 Å². The van der Waals surface area contributed by atoms with Gasteiger partial charge < -0.3 is 26.1 Å². The molecule has 29 heavy (non-hydrogen) atoms. The molecule has 2 aromatic rings. The monoisotopic (exact) mass is 396 g/mol. The van der Waals surface area contributed by atoms with Crippen LogP contribution in [0.2, 0.25) is 0 Å². The second kappa shape index (κ2) is 10.8. The summed E-state index contributed by atoms with van der Waals surface area (Å²) < 4.78 is 5.19. The van der Waals surface area contributed by atoms with Crippen molar-refractivity contribution in [2.24, 2.45) is 5.73 Å². The third kappa shape index (κ3) is 6.57. The van der Waals surface area contributed by atoms with E-state index in [0.29, 0.717) is 30.8 Å². The normalized spacial score (nSPS) is 11.1. The van der Waals surface area contributed by atoms with Crippen LogP contribution in [0.3, 0.4) is 0 Å². The number of aromatic nitrogens is 1. The lowest BCUT2D eigenvalue weighted by Crippen LogP contribution is -2.26. The number of ether oxygens (including phenoxy) is 1. The van der Waals surface area contributed by atoms with Gasteiger partial charge in [-0.15, -0.1) is 0 Å². The van der Waals surface area contributed by atoms with Crippen LogP contribution in [-0.4, -0.2) is 30.5 Å². The molecule has 0 aliphatic rings. The van der Waals surface area contributed by atoms with E-state index in [1.54, 1.807) is 19.3 Å². The lowest BCUT2D eigenvalue weighted by Gasteiger charge is -2.09. The van der Waals surface area contributed by atoms with Crippen molar-refractivity contribution in [1.82, 2.24) is 15.6 Å². The SMILES string of the molecule is C=C/C=C(/NC(=O)CCCCCNC(=O)c1cc2ccc(OC)cc2[nH]1)C(=C)N. The largest absolute Gasteiger partial charge is 0.497 e. The Morgan fingerprint density at radius 1 is 1.24 bits per heavy atom. The highest BCUT2D eigenvalue weighted by atomic mass is 16.5. The average Bonchev–Trinajstić information content (AvgIpc) is 3.13. The van der Waals surface area contributed by atoms with Gasteiger partial charge in [0.2, 0.25) is 5.91 Å². The van der Waals surface area contributed by atoms with Crippen molar-refractivity contribution in [2.75, 3.05) is 13.7 Å². The van der Waals surface area contributed by atoms with Crippen molar-refractivity contribution in [2.45, 2.75) is 25.7 Å². The molecule has 0 fully saturated rings. The highest BCUT2D eigenvalue weighted by molar-refractivity contribution is 5.98. The van der Waals surface area contributed by atoms with Crippen molar-refractivity contribution in [1.29, 1.82) is 0 Å². The van der Waals surface area contributed by atoms with Crippen molar-refractivity contribution in [3.05, 3.63) is 66.7 Å². The Bertz CT molecular complexity index is 927. The minimum Gasteiger partial charge on any atom is -0.497 e. The van der Waals surface area contributed by atoms with Gasteiger partial charge in [-0.25, -0.2) is 0 Å². The van der Waals surface area contributed by atoms with E-state index in [0.717, 1.165) is 29.5 Å². The summed E-state index contributed by atoms with van der Waals surface area (Å²) in [6.07, 6.45) is 5.84. The minimum atomic E-state index is -0.154. The zero-order valence-corrected chi connectivity index (χ0v) is 16.7. The molecule has 7 nitrogen and oxygen atoms in total. The Balaban J connectivity index is 1.69. The smallest absolute Gasteiger partial charge is 0.267 e. The molecule has 1 aromatic heterocycles. The number of nitrogens with two attached hydrogens (primary N) is 1. The molecular weight excluding hydrogens is 368 g/mol. The van der Waals surface area contributed by atoms with E-state index in [4.69, 9.17) is 10.5 Å². The Hall–Kier alpha value is -3.48. The second-order valence-corrected chi connectivity index (χ2v) is 6.59. The molecule has 0 aliphatic heterocycles. The summed E-state index contributed by atoms with van der Waals surface area (Å²) in [7, 11) is 1.60. The molecular formula is C22H28N4O3. The maximum absolute atomic E-state index is 12.3. The first-order chi connectivity index (χ1) is 13.9. The van der Waals surface area contributed by atoms with Crippen LogP contribution < -0.4 is 21.1 Å². The summed E-state index contributed by atoms with van der Waals surface area (Å²) in [6.45, 7) is 7.73. The van der Waals surface area contributed by atoms with Crippen LogP contribution in [0.4, 0.5) is 0 Å². The molecule has 0 saturated heterocycles. The maximum atomic E-state index is 12.3. The van der Waals surface area contributed by atoms with Gasteiger partial charge in [-0.1, -0.05) is 25.7 Å². The molecule has 5 N–H and O–H groups in total. The number of fused-ring (bicyclic) bond motifs is 1. The zero-order valence-electron chi connectivity index (χ0n) is 16.7. The Morgan fingerprint density at radius 3 is 2.72 bits per heavy atom. The summed E-state index contributed by atoms with van der Waals surface area (Å²) in [6, 6.07) is 7.43. The van der Waals surface area contributed by atoms with Crippen LogP contribution in [0.25, 0.3) is 10.9 Å². The van der Waals surface area contributed by atoms with Crippen LogP contribution in [0.5, 0.6) is 5.75 Å². The second-order valence-electron chi connectivity index (χ2n) is 6.59. The lowest BCUT2D eigenvalue weighted by atomic mass is 10.2. The number of unbranched alkanes of at least 4 members (excludes halogenated alkanes) is 2. The third-order valence-corrected chi connectivity index (χ3v) is 4.34. The Kier molecular flexibility index (Phi) is 8.09. The van der Waals surface area contributed by atoms with E-state index in [1.807, 2.05) is 24.3 Å². The van der Waals surface area contributed by atoms with E-state index in [-0.39, 0.29) is 17.5 Å². The van der Waals surface area contributed by atoms with E-state index >= 15 is 0 Å². The van der Waals surface area contributed by atoms with Crippen molar-refractivity contribution < 1.29 is 14.3 Å². The molecule has 0 atom stereocenters. The number of H-pyrrole nitrogens is 1. The molecule has 2 amide bonds. The summed E-state index contributed by atoms with van der Waals surface area (Å²) in [5.74, 6) is 0.457. The maximum Gasteiger partial charge on any atom is 0.267 e. The molecule has 0 radical (unpaired) electrons. The van der Waals surface area contributed by atoms with Crippen LogP contribution in [0.15, 0.2) is 61.0 Å². The molecule has 0 aliphatic carbocycles. The van der Waals surface area contributed by atoms with Gasteiger partial charge in [0.15, 0.2) is 0 Å². The molecule has 1 heterocycles. The fourth-order valence-corrected chi connectivity index (χ4v) is 2.80. The van der Waals surface area contributed by atoms with Gasteiger partial charge in [0.05, 0.1) is 12.8 Å². The first-order valence-corrected chi connectivity index (χ1v) is 9.47. The molecule has 0 spiro atoms. The molecule has 7 heteroatoms. The van der Waals surface area contributed by atoms with Crippen molar-refractivity contribution in [3.63, 3.8) is 0 Å². The average molecular weight is 396 g/mol. The fourth-order valence-electron chi connectivity index (χ4n) is 2.80. The van der Waals surface area contributed by atoms with Crippen LogP contribution in [-0.2, 0) is 4.79 Å². The van der Waals surface area contributed by atoms with Gasteiger partial charge in [0.1, 0.15) is 11.4 Å². The predicted octanol–water partition coefficient (Wildman–Crippen LogP) is 3.13. The number of hydrogen-bond acceptors (Lipinski definition) is 4. The van der Waals surface area contributed by atoms with Gasteiger partial charge in [-0.2, -0.15) is 0 Å². The highest BCUT2D eigenvalue weighted by Crippen LogP contribution is 2.21. The number of carbonyl (C=O) groups excluding carboxylic acids is 2. The number of carbonyl (C=O) groups is 2. The topological polar surface area (TPSA) is 109 Å². The van der Waals surface area contributed by atoms with Crippen LogP contribution in [0.1, 0.15) is 36.2 Å². The number of nitrogens with one attached hydrogen (secondary N) is 3. The summed E-state index contributed by atoms with van der Waals surface area (Å²) in [5, 5.41) is 6.55. The van der Waals surface area contributed by atoms with Gasteiger partial charge in [-0.05, 0) is 37.1 Å². The molecule has 0 unspecified atom stereocenters. The summed E-state index contributed by atoms with van der Waals surface area (Å²) in [5.41, 5.74) is 7.72. The third-order valence-electron chi connectivity index (χ3n) is 4.34. The number of benzene rings is 1. The van der Waals surface area contributed by atoms with Crippen LogP contribution in [0, 0.1) is 0 Å². The number of aromatic amines is 1. The Morgan fingerprint density at radius 2 is 2.03 bits per heavy atom. The number of rotatable bonds is 11. The van der Waals surface area contributed by atoms with E-state index in [2.05, 4.69) is 28.8 Å². The standard InChI is InChI=1S/C22H28N4O3/c1-4-8-18(15(2)23)26-21(27)9-6-5-7-12-24-22(28)20-13-16-10-11-17(29-3)14-19(16)25-20/h4,8,10-11,13-14,25H,1-2,5-7,9,12,23H2,3H3,(H,24,28)(H,26,27)/b18-8+. The predicted molar refractivity (Wildman–Crippen MR) is 115 cm³/mol. The molecule has 1 aromatic carbocycles. The van der Waals surface area contributed by atoms with Crippen LogP contribution >= 0.6 is 0 Å². The summed E-state index contributed by atoms with van der Waals surface area (Å²) in [4.78, 5) is 27.3. The molecule has 0 bridgehead atoms. The molecule has 154 valence electrons. The lowest BCUT2D eigenvalue weighted by molar-refractivity contribution is -0.120. The number of amides is 2. The Labute approximate surface area is 170 Å². The van der Waals surface area contributed by atoms with Gasteiger partial charge >= 0.3 is 0 Å². The van der Waals surface area contributed by atoms with Gasteiger partial charge in [-0.3, -0.25) is 9.59 Å². The molecule has 0 saturated carbocycles. The fraction of sp³-hybridized carbons (Fsp3) is 0.273. The number of methoxy groups -OCH3 is 1. The molecule has 2 rings (SSSR count). The van der Waals surface area contributed by atoms with Gasteiger partial charge in [0.25, 0.3) is 5.91 Å². The quantitative estimate of drug-likeness (QED) is 0.345. The number of allylic oxidation sites excluding steroid dienone is 2. The first-order valence-electron chi connectivity index (χ1n) is 9.47. The van der Waals surface area contributed by atoms with E-state index in [9.17, 15) is 9.59 Å². The highest BCUT2D eigenvalue weighted by Gasteiger charge is 2.10.